The molecule has 0 spiro atoms. The van der Waals surface area contributed by atoms with Crippen LogP contribution in [0.3, 0.4) is 0 Å². The van der Waals surface area contributed by atoms with Crippen LogP contribution in [0.1, 0.15) is 19.8 Å². The number of hydrogen-bond donors (Lipinski definition) is 1. The summed E-state index contributed by atoms with van der Waals surface area (Å²) in [5, 5.41) is 0. The Morgan fingerprint density at radius 3 is 2.94 bits per heavy atom. The van der Waals surface area contributed by atoms with Gasteiger partial charge in [-0.05, 0) is 24.9 Å². The molecule has 1 amide bonds. The smallest absolute Gasteiger partial charge is 0.239 e. The lowest BCUT2D eigenvalue weighted by molar-refractivity contribution is -0.141. The molecule has 1 fully saturated rings. The van der Waals surface area contributed by atoms with Gasteiger partial charge in [-0.2, -0.15) is 11.8 Å². The Hall–Kier alpha value is 0.0300. The van der Waals surface area contributed by atoms with E-state index in [0.29, 0.717) is 19.8 Å². The van der Waals surface area contributed by atoms with Gasteiger partial charge >= 0.3 is 0 Å². The summed E-state index contributed by atoms with van der Waals surface area (Å²) < 4.78 is 5.38. The van der Waals surface area contributed by atoms with Crippen LogP contribution in [0.4, 0.5) is 0 Å². The van der Waals surface area contributed by atoms with E-state index in [1.54, 1.807) is 11.8 Å². The lowest BCUT2D eigenvalue weighted by atomic mass is 10.1. The van der Waals surface area contributed by atoms with Crippen LogP contribution in [0.2, 0.25) is 0 Å². The molecule has 102 valence electrons. The number of carbonyl (C=O) groups is 1. The second-order valence-electron chi connectivity index (χ2n) is 4.06. The molecule has 0 bridgehead atoms. The van der Waals surface area contributed by atoms with Gasteiger partial charge in [-0.15, -0.1) is 12.4 Å². The summed E-state index contributed by atoms with van der Waals surface area (Å²) in [7, 11) is 0. The van der Waals surface area contributed by atoms with E-state index in [0.717, 1.165) is 18.6 Å². The molecule has 1 saturated heterocycles. The van der Waals surface area contributed by atoms with Gasteiger partial charge in [0.25, 0.3) is 0 Å². The first-order chi connectivity index (χ1) is 7.70. The molecule has 1 heterocycles. The van der Waals surface area contributed by atoms with Crippen LogP contribution >= 0.6 is 24.2 Å². The summed E-state index contributed by atoms with van der Waals surface area (Å²) in [6.07, 6.45) is 3.72. The Morgan fingerprint density at radius 1 is 1.65 bits per heavy atom. The standard InChI is InChI=1S/C11H22N2O2S.ClH/c1-3-9-8-15-6-5-13(9)11(14)10(12)4-7-16-2;/h9-10H,3-8,12H2,1-2H3;1H/t9-,10-;/m0./s1. The van der Waals surface area contributed by atoms with E-state index < -0.39 is 0 Å². The maximum absolute atomic E-state index is 12.1. The minimum absolute atomic E-state index is 0. The van der Waals surface area contributed by atoms with Crippen LogP contribution in [0.25, 0.3) is 0 Å². The largest absolute Gasteiger partial charge is 0.377 e. The van der Waals surface area contributed by atoms with Gasteiger partial charge in [0.15, 0.2) is 0 Å². The van der Waals surface area contributed by atoms with Crippen molar-refractivity contribution in [2.45, 2.75) is 31.8 Å². The quantitative estimate of drug-likeness (QED) is 0.821. The molecule has 0 aromatic heterocycles. The van der Waals surface area contributed by atoms with Crippen LogP contribution in [-0.2, 0) is 9.53 Å². The predicted octanol–water partition coefficient (Wildman–Crippen LogP) is 1.13. The summed E-state index contributed by atoms with van der Waals surface area (Å²) in [5.41, 5.74) is 5.91. The first-order valence-electron chi connectivity index (χ1n) is 5.83. The van der Waals surface area contributed by atoms with Gasteiger partial charge in [-0.3, -0.25) is 4.79 Å². The number of carbonyl (C=O) groups excluding carboxylic acids is 1. The number of ether oxygens (including phenoxy) is 1. The number of halogens is 1. The lowest BCUT2D eigenvalue weighted by Gasteiger charge is -2.36. The summed E-state index contributed by atoms with van der Waals surface area (Å²) in [5.74, 6) is 1.03. The van der Waals surface area contributed by atoms with E-state index in [9.17, 15) is 4.79 Å². The number of thioether (sulfide) groups is 1. The molecule has 2 atom stereocenters. The zero-order valence-electron chi connectivity index (χ0n) is 10.6. The molecule has 0 saturated carbocycles. The van der Waals surface area contributed by atoms with Gasteiger partial charge in [-0.1, -0.05) is 6.92 Å². The van der Waals surface area contributed by atoms with Crippen molar-refractivity contribution >= 4 is 30.1 Å². The van der Waals surface area contributed by atoms with Crippen molar-refractivity contribution in [1.82, 2.24) is 4.90 Å². The van der Waals surface area contributed by atoms with E-state index >= 15 is 0 Å². The molecule has 0 aromatic carbocycles. The topological polar surface area (TPSA) is 55.6 Å². The monoisotopic (exact) mass is 282 g/mol. The highest BCUT2D eigenvalue weighted by molar-refractivity contribution is 7.98. The fraction of sp³-hybridized carbons (Fsp3) is 0.909. The highest BCUT2D eigenvalue weighted by atomic mass is 35.5. The molecule has 1 aliphatic heterocycles. The first kappa shape index (κ1) is 17.0. The Kier molecular flexibility index (Phi) is 9.04. The third kappa shape index (κ3) is 5.04. The molecule has 0 aromatic rings. The molecule has 0 radical (unpaired) electrons. The number of hydrogen-bond acceptors (Lipinski definition) is 4. The average Bonchev–Trinajstić information content (AvgIpc) is 2.34. The Bertz CT molecular complexity index is 232. The average molecular weight is 283 g/mol. The van der Waals surface area contributed by atoms with Crippen LogP contribution < -0.4 is 5.73 Å². The highest BCUT2D eigenvalue weighted by Crippen LogP contribution is 2.12. The van der Waals surface area contributed by atoms with Crippen LogP contribution in [0.5, 0.6) is 0 Å². The minimum Gasteiger partial charge on any atom is -0.377 e. The van der Waals surface area contributed by atoms with Gasteiger partial charge in [0, 0.05) is 6.54 Å². The zero-order chi connectivity index (χ0) is 12.0. The van der Waals surface area contributed by atoms with Crippen LogP contribution in [0, 0.1) is 0 Å². The summed E-state index contributed by atoms with van der Waals surface area (Å²) in [4.78, 5) is 14.0. The third-order valence-corrected chi connectivity index (χ3v) is 3.58. The summed E-state index contributed by atoms with van der Waals surface area (Å²) >= 11 is 1.73. The predicted molar refractivity (Wildman–Crippen MR) is 74.8 cm³/mol. The Labute approximate surface area is 114 Å². The molecule has 17 heavy (non-hydrogen) atoms. The van der Waals surface area contributed by atoms with E-state index in [-0.39, 0.29) is 30.4 Å². The van der Waals surface area contributed by atoms with Crippen molar-refractivity contribution in [3.8, 4) is 0 Å². The Morgan fingerprint density at radius 2 is 2.35 bits per heavy atom. The van der Waals surface area contributed by atoms with Crippen LogP contribution in [-0.4, -0.2) is 54.7 Å². The van der Waals surface area contributed by atoms with Gasteiger partial charge in [-0.25, -0.2) is 0 Å². The van der Waals surface area contributed by atoms with E-state index in [1.807, 2.05) is 11.2 Å². The molecular weight excluding hydrogens is 260 g/mol. The first-order valence-corrected chi connectivity index (χ1v) is 7.22. The lowest BCUT2D eigenvalue weighted by Crippen LogP contribution is -2.53. The second-order valence-corrected chi connectivity index (χ2v) is 5.04. The number of amides is 1. The molecule has 1 rings (SSSR count). The molecule has 0 unspecified atom stereocenters. The van der Waals surface area contributed by atoms with Crippen molar-refractivity contribution in [3.05, 3.63) is 0 Å². The molecule has 2 N–H and O–H groups in total. The Balaban J connectivity index is 0.00000256. The molecular formula is C11H23ClN2O2S. The minimum atomic E-state index is -0.348. The fourth-order valence-electron chi connectivity index (χ4n) is 1.86. The fourth-order valence-corrected chi connectivity index (χ4v) is 2.35. The zero-order valence-corrected chi connectivity index (χ0v) is 12.2. The van der Waals surface area contributed by atoms with Gasteiger partial charge in [0.1, 0.15) is 0 Å². The highest BCUT2D eigenvalue weighted by Gasteiger charge is 2.28. The summed E-state index contributed by atoms with van der Waals surface area (Å²) in [6.45, 7) is 4.05. The number of morpholine rings is 1. The van der Waals surface area contributed by atoms with Gasteiger partial charge in [0.05, 0.1) is 25.3 Å². The number of nitrogens with zero attached hydrogens (tertiary/aromatic N) is 1. The van der Waals surface area contributed by atoms with Gasteiger partial charge < -0.3 is 15.4 Å². The maximum atomic E-state index is 12.1. The SMILES string of the molecule is CC[C@H]1COCCN1C(=O)[C@@H](N)CCSC.Cl. The van der Waals surface area contributed by atoms with E-state index in [4.69, 9.17) is 10.5 Å². The van der Waals surface area contributed by atoms with E-state index in [2.05, 4.69) is 6.92 Å². The van der Waals surface area contributed by atoms with Crippen molar-refractivity contribution in [2.75, 3.05) is 31.8 Å². The molecule has 4 nitrogen and oxygen atoms in total. The third-order valence-electron chi connectivity index (χ3n) is 2.93. The maximum Gasteiger partial charge on any atom is 0.239 e. The van der Waals surface area contributed by atoms with E-state index in [1.165, 1.54) is 0 Å². The number of rotatable bonds is 5. The molecule has 6 heteroatoms. The van der Waals surface area contributed by atoms with Gasteiger partial charge in [0.2, 0.25) is 5.91 Å². The number of nitrogens with two attached hydrogens (primary N) is 1. The van der Waals surface area contributed by atoms with Crippen molar-refractivity contribution in [3.63, 3.8) is 0 Å². The normalized spacial score (nSPS) is 21.8. The van der Waals surface area contributed by atoms with Crippen molar-refractivity contribution in [1.29, 1.82) is 0 Å². The molecule has 0 aliphatic carbocycles. The second kappa shape index (κ2) is 9.03. The van der Waals surface area contributed by atoms with Crippen LogP contribution in [0.15, 0.2) is 0 Å². The summed E-state index contributed by atoms with van der Waals surface area (Å²) in [6, 6.07) is -0.138. The van der Waals surface area contributed by atoms with Crippen molar-refractivity contribution in [2.24, 2.45) is 5.73 Å². The molecule has 1 aliphatic rings. The van der Waals surface area contributed by atoms with Crippen molar-refractivity contribution < 1.29 is 9.53 Å².